The lowest BCUT2D eigenvalue weighted by Gasteiger charge is -2.48. The third-order valence-electron chi connectivity index (χ3n) is 6.74. The van der Waals surface area contributed by atoms with Gasteiger partial charge in [0.15, 0.2) is 0 Å². The summed E-state index contributed by atoms with van der Waals surface area (Å²) in [6, 6.07) is 21.1. The smallest absolute Gasteiger partial charge is 0.254 e. The fourth-order valence-electron chi connectivity index (χ4n) is 5.47. The van der Waals surface area contributed by atoms with Crippen molar-refractivity contribution in [3.8, 4) is 0 Å². The second kappa shape index (κ2) is 7.38. The van der Waals surface area contributed by atoms with E-state index in [0.717, 1.165) is 35.9 Å². The van der Waals surface area contributed by atoms with Gasteiger partial charge in [-0.3, -0.25) is 9.78 Å². The van der Waals surface area contributed by atoms with E-state index in [2.05, 4.69) is 40.2 Å². The SMILES string of the molecule is O=C(c1cccc2ncccc12)N1CC[C@H](c2ccccc2)[C@H]2CCCC[C@H]21. The van der Waals surface area contributed by atoms with E-state index in [1.807, 2.05) is 30.3 Å². The maximum absolute atomic E-state index is 13.6. The molecule has 0 radical (unpaired) electrons. The number of pyridine rings is 1. The quantitative estimate of drug-likeness (QED) is 0.603. The molecule has 28 heavy (non-hydrogen) atoms. The summed E-state index contributed by atoms with van der Waals surface area (Å²) < 4.78 is 0. The highest BCUT2D eigenvalue weighted by atomic mass is 16.2. The van der Waals surface area contributed by atoms with E-state index in [-0.39, 0.29) is 5.91 Å². The summed E-state index contributed by atoms with van der Waals surface area (Å²) in [5.74, 6) is 1.33. The van der Waals surface area contributed by atoms with E-state index >= 15 is 0 Å². The van der Waals surface area contributed by atoms with Crippen LogP contribution in [0, 0.1) is 5.92 Å². The van der Waals surface area contributed by atoms with E-state index in [1.54, 1.807) is 6.20 Å². The van der Waals surface area contributed by atoms with Crippen molar-refractivity contribution in [3.63, 3.8) is 0 Å². The van der Waals surface area contributed by atoms with Crippen LogP contribution in [0.25, 0.3) is 10.9 Å². The number of nitrogens with zero attached hydrogens (tertiary/aromatic N) is 2. The maximum Gasteiger partial charge on any atom is 0.254 e. The molecule has 1 aliphatic heterocycles. The Labute approximate surface area is 166 Å². The predicted molar refractivity (Wildman–Crippen MR) is 112 cm³/mol. The largest absolute Gasteiger partial charge is 0.335 e. The van der Waals surface area contributed by atoms with Crippen molar-refractivity contribution >= 4 is 16.8 Å². The Kier molecular flexibility index (Phi) is 4.59. The van der Waals surface area contributed by atoms with Gasteiger partial charge in [-0.05, 0) is 54.9 Å². The summed E-state index contributed by atoms with van der Waals surface area (Å²) >= 11 is 0. The van der Waals surface area contributed by atoms with Gasteiger partial charge in [-0.25, -0.2) is 0 Å². The van der Waals surface area contributed by atoms with Crippen LogP contribution >= 0.6 is 0 Å². The van der Waals surface area contributed by atoms with Crippen LogP contribution in [0.15, 0.2) is 66.9 Å². The monoisotopic (exact) mass is 370 g/mol. The number of rotatable bonds is 2. The summed E-state index contributed by atoms with van der Waals surface area (Å²) in [6.45, 7) is 0.843. The summed E-state index contributed by atoms with van der Waals surface area (Å²) in [4.78, 5) is 20.2. The van der Waals surface area contributed by atoms with Crippen molar-refractivity contribution in [2.24, 2.45) is 5.92 Å². The summed E-state index contributed by atoms with van der Waals surface area (Å²) in [5.41, 5.74) is 3.14. The lowest BCUT2D eigenvalue weighted by molar-refractivity contribution is 0.0321. The van der Waals surface area contributed by atoms with Gasteiger partial charge in [0.1, 0.15) is 0 Å². The topological polar surface area (TPSA) is 33.2 Å². The van der Waals surface area contributed by atoms with E-state index in [9.17, 15) is 4.79 Å². The second-order valence-electron chi connectivity index (χ2n) is 8.20. The highest BCUT2D eigenvalue weighted by Crippen LogP contribution is 2.44. The third-order valence-corrected chi connectivity index (χ3v) is 6.74. The van der Waals surface area contributed by atoms with Gasteiger partial charge in [-0.2, -0.15) is 0 Å². The van der Waals surface area contributed by atoms with Crippen LogP contribution in [0.2, 0.25) is 0 Å². The number of carbonyl (C=O) groups is 1. The average Bonchev–Trinajstić information content (AvgIpc) is 2.78. The zero-order valence-corrected chi connectivity index (χ0v) is 16.1. The average molecular weight is 370 g/mol. The normalized spacial score (nSPS) is 24.7. The van der Waals surface area contributed by atoms with Crippen molar-refractivity contribution in [3.05, 3.63) is 78.0 Å². The number of piperidine rings is 1. The minimum atomic E-state index is 0.182. The highest BCUT2D eigenvalue weighted by molar-refractivity contribution is 6.06. The fraction of sp³-hybridized carbons (Fsp3) is 0.360. The van der Waals surface area contributed by atoms with Crippen molar-refractivity contribution in [1.29, 1.82) is 0 Å². The zero-order valence-electron chi connectivity index (χ0n) is 16.1. The number of amides is 1. The lowest BCUT2D eigenvalue weighted by atomic mass is 9.69. The molecule has 142 valence electrons. The van der Waals surface area contributed by atoms with E-state index < -0.39 is 0 Å². The first kappa shape index (κ1) is 17.4. The third kappa shape index (κ3) is 2.99. The molecule has 0 bridgehead atoms. The molecular weight excluding hydrogens is 344 g/mol. The Bertz CT molecular complexity index is 979. The molecule has 3 aromatic rings. The van der Waals surface area contributed by atoms with Gasteiger partial charge in [0.25, 0.3) is 5.91 Å². The number of aromatic nitrogens is 1. The van der Waals surface area contributed by atoms with Crippen molar-refractivity contribution < 1.29 is 4.79 Å². The van der Waals surface area contributed by atoms with Crippen LogP contribution < -0.4 is 0 Å². The molecule has 3 nitrogen and oxygen atoms in total. The van der Waals surface area contributed by atoms with Crippen LogP contribution in [0.3, 0.4) is 0 Å². The molecule has 0 N–H and O–H groups in total. The summed E-state index contributed by atoms with van der Waals surface area (Å²) in [7, 11) is 0. The second-order valence-corrected chi connectivity index (χ2v) is 8.20. The molecule has 1 aromatic heterocycles. The van der Waals surface area contributed by atoms with Gasteiger partial charge >= 0.3 is 0 Å². The van der Waals surface area contributed by atoms with E-state index in [1.165, 1.54) is 24.8 Å². The molecule has 1 amide bonds. The zero-order chi connectivity index (χ0) is 18.9. The van der Waals surface area contributed by atoms with Crippen molar-refractivity contribution in [2.75, 3.05) is 6.54 Å². The molecule has 0 spiro atoms. The molecule has 3 atom stereocenters. The Hall–Kier alpha value is -2.68. The molecular formula is C25H26N2O. The van der Waals surface area contributed by atoms with Crippen LogP contribution in [0.1, 0.15) is 53.9 Å². The van der Waals surface area contributed by atoms with Gasteiger partial charge in [0.05, 0.1) is 5.52 Å². The van der Waals surface area contributed by atoms with Crippen LogP contribution in [-0.2, 0) is 0 Å². The number of likely N-dealkylation sites (tertiary alicyclic amines) is 1. The number of fused-ring (bicyclic) bond motifs is 2. The van der Waals surface area contributed by atoms with Gasteiger partial charge < -0.3 is 4.90 Å². The van der Waals surface area contributed by atoms with Gasteiger partial charge in [0.2, 0.25) is 0 Å². The Balaban J connectivity index is 1.48. The van der Waals surface area contributed by atoms with Gasteiger partial charge in [0, 0.05) is 29.7 Å². The molecule has 5 rings (SSSR count). The van der Waals surface area contributed by atoms with Crippen LogP contribution in [0.4, 0.5) is 0 Å². The molecule has 2 fully saturated rings. The van der Waals surface area contributed by atoms with E-state index in [0.29, 0.717) is 17.9 Å². The minimum Gasteiger partial charge on any atom is -0.335 e. The predicted octanol–water partition coefficient (Wildman–Crippen LogP) is 5.42. The number of carbonyl (C=O) groups excluding carboxylic acids is 1. The Morgan fingerprint density at radius 1 is 0.893 bits per heavy atom. The Morgan fingerprint density at radius 3 is 2.64 bits per heavy atom. The molecule has 2 aliphatic rings. The van der Waals surface area contributed by atoms with Crippen LogP contribution in [-0.4, -0.2) is 28.4 Å². The number of hydrogen-bond acceptors (Lipinski definition) is 2. The molecule has 2 heterocycles. The van der Waals surface area contributed by atoms with Crippen molar-refractivity contribution in [1.82, 2.24) is 9.88 Å². The van der Waals surface area contributed by atoms with Crippen molar-refractivity contribution in [2.45, 2.75) is 44.1 Å². The minimum absolute atomic E-state index is 0.182. The highest BCUT2D eigenvalue weighted by Gasteiger charge is 2.42. The first-order valence-electron chi connectivity index (χ1n) is 10.5. The molecule has 1 saturated heterocycles. The summed E-state index contributed by atoms with van der Waals surface area (Å²) in [6.07, 6.45) is 7.71. The van der Waals surface area contributed by atoms with Gasteiger partial charge in [-0.1, -0.05) is 55.3 Å². The molecule has 1 aliphatic carbocycles. The first-order valence-corrected chi connectivity index (χ1v) is 10.5. The molecule has 1 saturated carbocycles. The fourth-order valence-corrected chi connectivity index (χ4v) is 5.47. The maximum atomic E-state index is 13.6. The Morgan fingerprint density at radius 2 is 1.75 bits per heavy atom. The van der Waals surface area contributed by atoms with Crippen LogP contribution in [0.5, 0.6) is 0 Å². The standard InChI is InChI=1S/C25H26N2O/c28-25(22-11-6-13-23-20(22)12-7-16-26-23)27-17-15-19(18-8-2-1-3-9-18)21-10-4-5-14-24(21)27/h1-3,6-9,11-13,16,19,21,24H,4-5,10,14-15,17H2/t19-,21-,24-/m1/s1. The molecule has 0 unspecified atom stereocenters. The first-order chi connectivity index (χ1) is 13.8. The van der Waals surface area contributed by atoms with Gasteiger partial charge in [-0.15, -0.1) is 0 Å². The summed E-state index contributed by atoms with van der Waals surface area (Å²) in [5, 5.41) is 0.965. The molecule has 3 heteroatoms. The number of hydrogen-bond donors (Lipinski definition) is 0. The number of benzene rings is 2. The molecule has 2 aromatic carbocycles. The van der Waals surface area contributed by atoms with E-state index in [4.69, 9.17) is 0 Å². The lowest BCUT2D eigenvalue weighted by Crippen LogP contribution is -2.52.